The summed E-state index contributed by atoms with van der Waals surface area (Å²) in [7, 11) is 1.75. The maximum absolute atomic E-state index is 11.6. The van der Waals surface area contributed by atoms with Crippen molar-refractivity contribution in [2.24, 2.45) is 0 Å². The zero-order valence-corrected chi connectivity index (χ0v) is 9.97. The molecule has 0 saturated heterocycles. The van der Waals surface area contributed by atoms with Crippen LogP contribution in [0.4, 0.5) is 0 Å². The monoisotopic (exact) mass is 215 g/mol. The number of nitrogens with zero attached hydrogens (tertiary/aromatic N) is 1. The number of hydrogen-bond acceptors (Lipinski definition) is 1. The number of benzene rings is 1. The summed E-state index contributed by atoms with van der Waals surface area (Å²) >= 11 is 0. The summed E-state index contributed by atoms with van der Waals surface area (Å²) in [5.41, 5.74) is 2.09. The van der Waals surface area contributed by atoms with Gasteiger partial charge in [-0.1, -0.05) is 35.9 Å². The van der Waals surface area contributed by atoms with E-state index in [0.717, 1.165) is 11.1 Å². The molecule has 0 unspecified atom stereocenters. The van der Waals surface area contributed by atoms with E-state index in [1.54, 1.807) is 24.2 Å². The van der Waals surface area contributed by atoms with Gasteiger partial charge in [-0.25, -0.2) is 0 Å². The first-order chi connectivity index (χ1) is 7.59. The third-order valence-corrected chi connectivity index (χ3v) is 2.05. The number of carbonyl (C=O) groups excluding carboxylic acids is 1. The van der Waals surface area contributed by atoms with E-state index in [2.05, 4.69) is 0 Å². The van der Waals surface area contributed by atoms with Crippen molar-refractivity contribution >= 4 is 12.0 Å². The molecule has 1 aromatic carbocycles. The SMILES string of the molecule is CC(C)=CC(=O)N(C)/C=C\c1ccccc1. The molecule has 0 aliphatic carbocycles. The first kappa shape index (κ1) is 12.2. The molecule has 0 radical (unpaired) electrons. The van der Waals surface area contributed by atoms with Gasteiger partial charge in [0.05, 0.1) is 0 Å². The highest BCUT2D eigenvalue weighted by Crippen LogP contribution is 2.02. The van der Waals surface area contributed by atoms with Crippen molar-refractivity contribution in [3.8, 4) is 0 Å². The lowest BCUT2D eigenvalue weighted by Gasteiger charge is -2.08. The first-order valence-electron chi connectivity index (χ1n) is 5.24. The minimum atomic E-state index is -0.00724. The van der Waals surface area contributed by atoms with Gasteiger partial charge in [-0.2, -0.15) is 0 Å². The van der Waals surface area contributed by atoms with Crippen molar-refractivity contribution in [1.29, 1.82) is 0 Å². The average Bonchev–Trinajstić information content (AvgIpc) is 2.26. The lowest BCUT2D eigenvalue weighted by atomic mass is 10.2. The molecule has 0 aliphatic rings. The third-order valence-electron chi connectivity index (χ3n) is 2.05. The van der Waals surface area contributed by atoms with E-state index in [-0.39, 0.29) is 5.91 Å². The molecular formula is C14H17NO. The van der Waals surface area contributed by atoms with Crippen molar-refractivity contribution in [2.45, 2.75) is 13.8 Å². The summed E-state index contributed by atoms with van der Waals surface area (Å²) in [4.78, 5) is 13.1. The standard InChI is InChI=1S/C14H17NO/c1-12(2)11-14(16)15(3)10-9-13-7-5-4-6-8-13/h4-11H,1-3H3/b10-9-. The van der Waals surface area contributed by atoms with Gasteiger partial charge < -0.3 is 4.90 Å². The molecular weight excluding hydrogens is 198 g/mol. The molecule has 0 spiro atoms. The van der Waals surface area contributed by atoms with Gasteiger partial charge in [0.25, 0.3) is 0 Å². The normalized spacial score (nSPS) is 10.2. The molecule has 0 heterocycles. The molecule has 0 atom stereocenters. The average molecular weight is 215 g/mol. The van der Waals surface area contributed by atoms with Gasteiger partial charge in [-0.15, -0.1) is 0 Å². The predicted octanol–water partition coefficient (Wildman–Crippen LogP) is 3.08. The van der Waals surface area contributed by atoms with Crippen molar-refractivity contribution in [3.05, 3.63) is 53.7 Å². The van der Waals surface area contributed by atoms with E-state index in [1.165, 1.54) is 0 Å². The van der Waals surface area contributed by atoms with Crippen LogP contribution in [0.15, 0.2) is 48.2 Å². The second kappa shape index (κ2) is 5.91. The van der Waals surface area contributed by atoms with Crippen molar-refractivity contribution in [2.75, 3.05) is 7.05 Å². The largest absolute Gasteiger partial charge is 0.319 e. The minimum absolute atomic E-state index is 0.00724. The number of carbonyl (C=O) groups is 1. The smallest absolute Gasteiger partial charge is 0.250 e. The van der Waals surface area contributed by atoms with Gasteiger partial charge in [0.1, 0.15) is 0 Å². The maximum atomic E-state index is 11.6. The molecule has 0 saturated carbocycles. The molecule has 0 aliphatic heterocycles. The van der Waals surface area contributed by atoms with Crippen LogP contribution in [-0.2, 0) is 4.79 Å². The predicted molar refractivity (Wildman–Crippen MR) is 67.7 cm³/mol. The van der Waals surface area contributed by atoms with Crippen LogP contribution in [-0.4, -0.2) is 17.9 Å². The van der Waals surface area contributed by atoms with Crippen LogP contribution in [0.25, 0.3) is 6.08 Å². The Balaban J connectivity index is 2.65. The van der Waals surface area contributed by atoms with Gasteiger partial charge in [0.15, 0.2) is 0 Å². The molecule has 1 aromatic rings. The lowest BCUT2D eigenvalue weighted by Crippen LogP contribution is -2.18. The van der Waals surface area contributed by atoms with Gasteiger partial charge in [-0.3, -0.25) is 4.79 Å². The zero-order chi connectivity index (χ0) is 12.0. The molecule has 84 valence electrons. The number of hydrogen-bond donors (Lipinski definition) is 0. The lowest BCUT2D eigenvalue weighted by molar-refractivity contribution is -0.122. The highest BCUT2D eigenvalue weighted by molar-refractivity contribution is 5.89. The van der Waals surface area contributed by atoms with Gasteiger partial charge in [0, 0.05) is 19.3 Å². The van der Waals surface area contributed by atoms with Crippen molar-refractivity contribution < 1.29 is 4.79 Å². The summed E-state index contributed by atoms with van der Waals surface area (Å²) in [5.74, 6) is -0.00724. The van der Waals surface area contributed by atoms with E-state index in [9.17, 15) is 4.79 Å². The second-order valence-corrected chi connectivity index (χ2v) is 3.90. The topological polar surface area (TPSA) is 20.3 Å². The Morgan fingerprint density at radius 1 is 1.19 bits per heavy atom. The Kier molecular flexibility index (Phi) is 4.52. The highest BCUT2D eigenvalue weighted by Gasteiger charge is 2.00. The number of likely N-dealkylation sites (N-methyl/N-ethyl adjacent to an activating group) is 1. The maximum Gasteiger partial charge on any atom is 0.250 e. The molecule has 16 heavy (non-hydrogen) atoms. The van der Waals surface area contributed by atoms with E-state index in [1.807, 2.05) is 50.3 Å². The molecule has 0 fully saturated rings. The van der Waals surface area contributed by atoms with Crippen LogP contribution in [0.2, 0.25) is 0 Å². The second-order valence-electron chi connectivity index (χ2n) is 3.90. The van der Waals surface area contributed by atoms with Gasteiger partial charge >= 0.3 is 0 Å². The van der Waals surface area contributed by atoms with Crippen LogP contribution in [0.3, 0.4) is 0 Å². The summed E-state index contributed by atoms with van der Waals surface area (Å²) in [6.07, 6.45) is 5.31. The first-order valence-corrected chi connectivity index (χ1v) is 5.24. The third kappa shape index (κ3) is 4.13. The molecule has 1 amide bonds. The fourth-order valence-electron chi connectivity index (χ4n) is 1.18. The fraction of sp³-hybridized carbons (Fsp3) is 0.214. The molecule has 2 heteroatoms. The number of amides is 1. The van der Waals surface area contributed by atoms with Crippen LogP contribution < -0.4 is 0 Å². The Hall–Kier alpha value is -1.83. The molecule has 2 nitrogen and oxygen atoms in total. The quantitative estimate of drug-likeness (QED) is 0.709. The van der Waals surface area contributed by atoms with Crippen molar-refractivity contribution in [1.82, 2.24) is 4.90 Å². The number of rotatable bonds is 3. The van der Waals surface area contributed by atoms with Crippen LogP contribution >= 0.6 is 0 Å². The van der Waals surface area contributed by atoms with E-state index in [4.69, 9.17) is 0 Å². The minimum Gasteiger partial charge on any atom is -0.319 e. The Morgan fingerprint density at radius 3 is 2.38 bits per heavy atom. The Bertz CT molecular complexity index is 400. The molecule has 0 bridgehead atoms. The van der Waals surface area contributed by atoms with Crippen LogP contribution in [0.1, 0.15) is 19.4 Å². The van der Waals surface area contributed by atoms with E-state index >= 15 is 0 Å². The molecule has 0 aromatic heterocycles. The highest BCUT2D eigenvalue weighted by atomic mass is 16.2. The summed E-state index contributed by atoms with van der Waals surface area (Å²) in [6, 6.07) is 9.90. The van der Waals surface area contributed by atoms with E-state index in [0.29, 0.717) is 0 Å². The Morgan fingerprint density at radius 2 is 1.81 bits per heavy atom. The summed E-state index contributed by atoms with van der Waals surface area (Å²) in [5, 5.41) is 0. The van der Waals surface area contributed by atoms with Crippen LogP contribution in [0.5, 0.6) is 0 Å². The zero-order valence-electron chi connectivity index (χ0n) is 9.97. The summed E-state index contributed by atoms with van der Waals surface area (Å²) < 4.78 is 0. The van der Waals surface area contributed by atoms with Crippen LogP contribution in [0, 0.1) is 0 Å². The fourth-order valence-corrected chi connectivity index (χ4v) is 1.18. The Labute approximate surface area is 96.9 Å². The van der Waals surface area contributed by atoms with Gasteiger partial charge in [0.2, 0.25) is 5.91 Å². The van der Waals surface area contributed by atoms with Crippen molar-refractivity contribution in [3.63, 3.8) is 0 Å². The summed E-state index contributed by atoms with van der Waals surface area (Å²) in [6.45, 7) is 3.82. The number of allylic oxidation sites excluding steroid dienone is 1. The molecule has 0 N–H and O–H groups in total. The van der Waals surface area contributed by atoms with E-state index < -0.39 is 0 Å². The van der Waals surface area contributed by atoms with Gasteiger partial charge in [-0.05, 0) is 25.5 Å². The molecule has 1 rings (SSSR count).